The standard InChI is InChI=1S/C22H25FN4O4/c1-31-21-18-15(20(28)16(22(29)30)12-27(18)13-5-6-13)10-17(23)19(21)26-9-2-4-14(26)11-25-8-3-7-24/h10,12-14,25H,2-6,8-9,11H2,1H3,(H,29,30). The number of hydrogen-bond acceptors (Lipinski definition) is 6. The number of aromatic carboxylic acids is 1. The topological polar surface area (TPSA) is 108 Å². The number of nitrogens with one attached hydrogen (secondary N) is 1. The average molecular weight is 428 g/mol. The molecule has 1 saturated heterocycles. The molecule has 2 aromatic rings. The fourth-order valence-electron chi connectivity index (χ4n) is 4.45. The van der Waals surface area contributed by atoms with E-state index in [-0.39, 0.29) is 28.8 Å². The summed E-state index contributed by atoms with van der Waals surface area (Å²) in [5, 5.41) is 21.4. The van der Waals surface area contributed by atoms with Crippen LogP contribution < -0.4 is 20.4 Å². The SMILES string of the molecule is COc1c(N2CCCC2CNCCC#N)c(F)cc2c(=O)c(C(=O)O)cn(C3CC3)c12. The molecule has 9 heteroatoms. The molecule has 1 aromatic carbocycles. The van der Waals surface area contributed by atoms with Gasteiger partial charge in [-0.1, -0.05) is 0 Å². The Balaban J connectivity index is 1.85. The third-order valence-corrected chi connectivity index (χ3v) is 6.03. The van der Waals surface area contributed by atoms with Crippen LogP contribution in [0.3, 0.4) is 0 Å². The lowest BCUT2D eigenvalue weighted by Gasteiger charge is -2.30. The second-order valence-corrected chi connectivity index (χ2v) is 8.05. The van der Waals surface area contributed by atoms with E-state index in [0.717, 1.165) is 31.7 Å². The summed E-state index contributed by atoms with van der Waals surface area (Å²) < 4.78 is 22.8. The number of methoxy groups -OCH3 is 1. The van der Waals surface area contributed by atoms with E-state index in [1.807, 2.05) is 4.90 Å². The fraction of sp³-hybridized carbons (Fsp3) is 0.500. The van der Waals surface area contributed by atoms with Gasteiger partial charge >= 0.3 is 5.97 Å². The average Bonchev–Trinajstić information content (AvgIpc) is 3.49. The van der Waals surface area contributed by atoms with Crippen molar-refractivity contribution in [1.82, 2.24) is 9.88 Å². The fourth-order valence-corrected chi connectivity index (χ4v) is 4.45. The number of carboxylic acid groups (broad SMARTS) is 1. The number of hydrogen-bond donors (Lipinski definition) is 2. The molecular formula is C22H25FN4O4. The number of rotatable bonds is 8. The second kappa shape index (κ2) is 8.55. The summed E-state index contributed by atoms with van der Waals surface area (Å²) in [6.07, 6.45) is 5.25. The Morgan fingerprint density at radius 1 is 1.42 bits per heavy atom. The molecule has 31 heavy (non-hydrogen) atoms. The molecule has 1 aromatic heterocycles. The predicted molar refractivity (Wildman–Crippen MR) is 113 cm³/mol. The van der Waals surface area contributed by atoms with Gasteiger partial charge in [0, 0.05) is 44.3 Å². The van der Waals surface area contributed by atoms with Crippen molar-refractivity contribution in [3.63, 3.8) is 0 Å². The number of benzene rings is 1. The molecule has 2 aliphatic rings. The Morgan fingerprint density at radius 2 is 2.19 bits per heavy atom. The van der Waals surface area contributed by atoms with Gasteiger partial charge in [0.15, 0.2) is 11.6 Å². The Bertz CT molecular complexity index is 1120. The highest BCUT2D eigenvalue weighted by atomic mass is 19.1. The minimum atomic E-state index is -1.33. The molecule has 1 unspecified atom stereocenters. The minimum absolute atomic E-state index is 0.0211. The molecule has 8 nitrogen and oxygen atoms in total. The van der Waals surface area contributed by atoms with Gasteiger partial charge in [-0.25, -0.2) is 9.18 Å². The molecule has 164 valence electrons. The van der Waals surface area contributed by atoms with Crippen molar-refractivity contribution in [2.45, 2.75) is 44.2 Å². The lowest BCUT2D eigenvalue weighted by Crippen LogP contribution is -2.39. The minimum Gasteiger partial charge on any atom is -0.492 e. The van der Waals surface area contributed by atoms with Crippen LogP contribution in [-0.4, -0.2) is 48.4 Å². The number of pyridine rings is 1. The number of fused-ring (bicyclic) bond motifs is 1. The molecule has 1 atom stereocenters. The number of halogens is 1. The van der Waals surface area contributed by atoms with Crippen LogP contribution in [0.15, 0.2) is 17.1 Å². The first-order valence-corrected chi connectivity index (χ1v) is 10.5. The zero-order valence-corrected chi connectivity index (χ0v) is 17.4. The van der Waals surface area contributed by atoms with E-state index >= 15 is 4.39 Å². The van der Waals surface area contributed by atoms with E-state index in [9.17, 15) is 14.7 Å². The highest BCUT2D eigenvalue weighted by Gasteiger charge is 2.34. The van der Waals surface area contributed by atoms with E-state index in [1.54, 1.807) is 4.57 Å². The van der Waals surface area contributed by atoms with Gasteiger partial charge < -0.3 is 24.6 Å². The summed E-state index contributed by atoms with van der Waals surface area (Å²) >= 11 is 0. The molecule has 4 rings (SSSR count). The summed E-state index contributed by atoms with van der Waals surface area (Å²) in [7, 11) is 1.45. The van der Waals surface area contributed by atoms with Crippen molar-refractivity contribution >= 4 is 22.6 Å². The van der Waals surface area contributed by atoms with Crippen molar-refractivity contribution in [3.05, 3.63) is 33.9 Å². The lowest BCUT2D eigenvalue weighted by molar-refractivity contribution is 0.0695. The van der Waals surface area contributed by atoms with Crippen LogP contribution in [0.2, 0.25) is 0 Å². The van der Waals surface area contributed by atoms with E-state index < -0.39 is 17.2 Å². The molecule has 0 spiro atoms. The van der Waals surface area contributed by atoms with Crippen LogP contribution >= 0.6 is 0 Å². The molecule has 1 aliphatic heterocycles. The third kappa shape index (κ3) is 3.83. The second-order valence-electron chi connectivity index (χ2n) is 8.05. The monoisotopic (exact) mass is 428 g/mol. The van der Waals surface area contributed by atoms with Crippen LogP contribution in [0.1, 0.15) is 48.5 Å². The molecule has 1 aliphatic carbocycles. The summed E-state index contributed by atoms with van der Waals surface area (Å²) in [5.74, 6) is -1.66. The number of ether oxygens (including phenoxy) is 1. The van der Waals surface area contributed by atoms with Crippen molar-refractivity contribution in [2.24, 2.45) is 0 Å². The van der Waals surface area contributed by atoms with Crippen LogP contribution in [0, 0.1) is 17.1 Å². The maximum atomic E-state index is 15.4. The highest BCUT2D eigenvalue weighted by molar-refractivity contribution is 5.97. The van der Waals surface area contributed by atoms with E-state index in [2.05, 4.69) is 11.4 Å². The lowest BCUT2D eigenvalue weighted by atomic mass is 10.1. The molecule has 2 fully saturated rings. The first-order valence-electron chi connectivity index (χ1n) is 10.5. The van der Waals surface area contributed by atoms with Crippen LogP contribution in [0.5, 0.6) is 5.75 Å². The zero-order valence-electron chi connectivity index (χ0n) is 17.4. The number of aromatic nitrogens is 1. The van der Waals surface area contributed by atoms with Gasteiger partial charge in [-0.05, 0) is 31.7 Å². The molecular weight excluding hydrogens is 403 g/mol. The number of carboxylic acids is 1. The predicted octanol–water partition coefficient (Wildman–Crippen LogP) is 2.65. The maximum Gasteiger partial charge on any atom is 0.341 e. The summed E-state index contributed by atoms with van der Waals surface area (Å²) in [6.45, 7) is 1.82. The molecule has 0 bridgehead atoms. The molecule has 0 amide bonds. The highest BCUT2D eigenvalue weighted by Crippen LogP contribution is 2.45. The first kappa shape index (κ1) is 21.1. The Kier molecular flexibility index (Phi) is 5.83. The van der Waals surface area contributed by atoms with Crippen LogP contribution in [0.4, 0.5) is 10.1 Å². The summed E-state index contributed by atoms with van der Waals surface area (Å²) in [4.78, 5) is 26.4. The maximum absolute atomic E-state index is 15.4. The molecule has 2 heterocycles. The van der Waals surface area contributed by atoms with Crippen molar-refractivity contribution in [3.8, 4) is 11.8 Å². The van der Waals surface area contributed by atoms with Gasteiger partial charge in [-0.2, -0.15) is 5.26 Å². The number of anilines is 1. The van der Waals surface area contributed by atoms with Gasteiger partial charge in [-0.3, -0.25) is 4.79 Å². The van der Waals surface area contributed by atoms with Crippen LogP contribution in [0.25, 0.3) is 10.9 Å². The van der Waals surface area contributed by atoms with E-state index in [4.69, 9.17) is 10.00 Å². The zero-order chi connectivity index (χ0) is 22.1. The Hall–Kier alpha value is -3.12. The van der Waals surface area contributed by atoms with E-state index in [0.29, 0.717) is 37.3 Å². The molecule has 2 N–H and O–H groups in total. The van der Waals surface area contributed by atoms with Crippen LogP contribution in [-0.2, 0) is 0 Å². The number of nitrogens with zero attached hydrogens (tertiary/aromatic N) is 3. The van der Waals surface area contributed by atoms with Gasteiger partial charge in [-0.15, -0.1) is 0 Å². The van der Waals surface area contributed by atoms with Crippen molar-refractivity contribution in [2.75, 3.05) is 31.6 Å². The van der Waals surface area contributed by atoms with Crippen molar-refractivity contribution < 1.29 is 19.0 Å². The van der Waals surface area contributed by atoms with Gasteiger partial charge in [0.2, 0.25) is 5.43 Å². The quantitative estimate of drug-likeness (QED) is 0.623. The van der Waals surface area contributed by atoms with Gasteiger partial charge in [0.1, 0.15) is 11.3 Å². The first-order chi connectivity index (χ1) is 15.0. The van der Waals surface area contributed by atoms with Gasteiger partial charge in [0.05, 0.1) is 24.1 Å². The Morgan fingerprint density at radius 3 is 2.84 bits per heavy atom. The van der Waals surface area contributed by atoms with E-state index in [1.165, 1.54) is 13.3 Å². The summed E-state index contributed by atoms with van der Waals surface area (Å²) in [6, 6.07) is 3.34. The third-order valence-electron chi connectivity index (χ3n) is 6.03. The van der Waals surface area contributed by atoms with Gasteiger partial charge in [0.25, 0.3) is 0 Å². The number of nitriles is 1. The largest absolute Gasteiger partial charge is 0.492 e. The normalized spacial score (nSPS) is 18.4. The summed E-state index contributed by atoms with van der Waals surface area (Å²) in [5.41, 5.74) is -0.329. The molecule has 0 radical (unpaired) electrons. The smallest absolute Gasteiger partial charge is 0.341 e. The molecule has 1 saturated carbocycles. The number of carbonyl (C=O) groups is 1. The van der Waals surface area contributed by atoms with Crippen molar-refractivity contribution in [1.29, 1.82) is 5.26 Å². The Labute approximate surface area is 178 Å².